The first-order valence-corrected chi connectivity index (χ1v) is 17.2. The summed E-state index contributed by atoms with van der Waals surface area (Å²) in [4.78, 5) is 81.4. The molecule has 0 radical (unpaired) electrons. The van der Waals surface area contributed by atoms with E-state index in [1.807, 2.05) is 0 Å². The minimum Gasteiger partial charge on any atom is -0.497 e. The number of hydrogen-bond donors (Lipinski definition) is 3. The molecule has 1 aromatic rings. The lowest BCUT2D eigenvalue weighted by molar-refractivity contribution is -0.164. The molecule has 0 unspecified atom stereocenters. The minimum absolute atomic E-state index is 0.105. The standard InChI is InChI=1S/C36H56N4O10/c1-20(2)31-28(42)19-29(43)50-33(21(3)4)32(44)22(5)34(45)38-16-10-11-17-40(31)35(46)30(37)23(6)49-36(47)27(39(8)24(7)41)18-25-12-14-26(48-9)15-13-25/h12-15,20-23,27-28,30-31,33,42H,10-11,16-19,37H2,1-9H3,(H,38,45)/t22-,23-,27-,28-,30-,31+,33-/m0/s1. The average molecular weight is 705 g/mol. The van der Waals surface area contributed by atoms with Crippen LogP contribution in [0.1, 0.15) is 73.3 Å². The molecule has 4 N–H and O–H groups in total. The fourth-order valence-corrected chi connectivity index (χ4v) is 5.88. The third-order valence-corrected chi connectivity index (χ3v) is 9.10. The molecule has 0 spiro atoms. The van der Waals surface area contributed by atoms with Gasteiger partial charge in [0, 0.05) is 33.5 Å². The molecule has 7 atom stereocenters. The van der Waals surface area contributed by atoms with E-state index in [-0.39, 0.29) is 31.3 Å². The number of aliphatic hydroxyl groups is 1. The van der Waals surface area contributed by atoms with Crippen LogP contribution < -0.4 is 15.8 Å². The Kier molecular flexibility index (Phi) is 16.3. The summed E-state index contributed by atoms with van der Waals surface area (Å²) in [6.45, 7) is 11.5. The number of rotatable bonds is 10. The number of esters is 2. The minimum atomic E-state index is -1.39. The van der Waals surface area contributed by atoms with Gasteiger partial charge in [0.1, 0.15) is 23.9 Å². The van der Waals surface area contributed by atoms with E-state index in [1.165, 1.54) is 44.7 Å². The van der Waals surface area contributed by atoms with Gasteiger partial charge in [0.2, 0.25) is 17.7 Å². The molecule has 14 heteroatoms. The summed E-state index contributed by atoms with van der Waals surface area (Å²) < 4.78 is 16.4. The number of aliphatic hydroxyl groups excluding tert-OH is 1. The number of carbonyl (C=O) groups excluding carboxylic acids is 6. The van der Waals surface area contributed by atoms with Crippen molar-refractivity contribution in [2.75, 3.05) is 27.2 Å². The second-order valence-corrected chi connectivity index (χ2v) is 13.7. The van der Waals surface area contributed by atoms with E-state index in [0.717, 1.165) is 5.56 Å². The van der Waals surface area contributed by atoms with Gasteiger partial charge < -0.3 is 40.2 Å². The normalized spacial score (nSPS) is 23.1. The second kappa shape index (κ2) is 19.4. The zero-order valence-corrected chi connectivity index (χ0v) is 30.8. The Labute approximate surface area is 295 Å². The number of ketones is 1. The van der Waals surface area contributed by atoms with Crippen LogP contribution in [0.4, 0.5) is 0 Å². The Morgan fingerprint density at radius 3 is 2.22 bits per heavy atom. The van der Waals surface area contributed by atoms with Gasteiger partial charge in [0.15, 0.2) is 11.9 Å². The van der Waals surface area contributed by atoms with E-state index in [2.05, 4.69) is 5.32 Å². The van der Waals surface area contributed by atoms with Gasteiger partial charge in [-0.05, 0) is 56.2 Å². The van der Waals surface area contributed by atoms with Crippen molar-refractivity contribution in [2.45, 2.75) is 111 Å². The molecule has 2 rings (SSSR count). The number of nitrogens with two attached hydrogens (primary N) is 1. The lowest BCUT2D eigenvalue weighted by Gasteiger charge is -2.39. The predicted octanol–water partition coefficient (Wildman–Crippen LogP) is 1.63. The van der Waals surface area contributed by atoms with E-state index in [4.69, 9.17) is 19.9 Å². The highest BCUT2D eigenvalue weighted by atomic mass is 16.6. The number of methoxy groups -OCH3 is 1. The topological polar surface area (TPSA) is 195 Å². The van der Waals surface area contributed by atoms with Gasteiger partial charge >= 0.3 is 11.9 Å². The van der Waals surface area contributed by atoms with Crippen LogP contribution in [0.2, 0.25) is 0 Å². The van der Waals surface area contributed by atoms with E-state index in [0.29, 0.717) is 18.6 Å². The van der Waals surface area contributed by atoms with Crippen LogP contribution in [0.15, 0.2) is 24.3 Å². The van der Waals surface area contributed by atoms with Gasteiger partial charge in [0.05, 0.1) is 31.6 Å². The molecule has 0 bridgehead atoms. The zero-order chi connectivity index (χ0) is 37.9. The molecular formula is C36H56N4O10. The van der Waals surface area contributed by atoms with E-state index < -0.39 is 84.2 Å². The smallest absolute Gasteiger partial charge is 0.329 e. The molecule has 280 valence electrons. The quantitative estimate of drug-likeness (QED) is 0.237. The number of benzene rings is 1. The third kappa shape index (κ3) is 11.5. The second-order valence-electron chi connectivity index (χ2n) is 13.7. The maximum atomic E-state index is 14.1. The van der Waals surface area contributed by atoms with Crippen LogP contribution in [0.3, 0.4) is 0 Å². The molecule has 1 aliphatic rings. The highest BCUT2D eigenvalue weighted by molar-refractivity contribution is 6.03. The molecule has 0 aromatic heterocycles. The Morgan fingerprint density at radius 1 is 1.06 bits per heavy atom. The number of nitrogens with one attached hydrogen (secondary N) is 1. The number of nitrogens with zero attached hydrogens (tertiary/aromatic N) is 2. The number of cyclic esters (lactones) is 1. The lowest BCUT2D eigenvalue weighted by atomic mass is 9.92. The zero-order valence-electron chi connectivity index (χ0n) is 30.8. The first-order chi connectivity index (χ1) is 23.4. The number of carbonyl (C=O) groups is 6. The number of amides is 3. The fraction of sp³-hybridized carbons (Fsp3) is 0.667. The van der Waals surface area contributed by atoms with Gasteiger partial charge in [-0.2, -0.15) is 0 Å². The first kappa shape index (κ1) is 42.1. The summed E-state index contributed by atoms with van der Waals surface area (Å²) in [6.07, 6.45) is -3.29. The average Bonchev–Trinajstić information content (AvgIpc) is 3.06. The summed E-state index contributed by atoms with van der Waals surface area (Å²) in [5.74, 6) is -4.85. The van der Waals surface area contributed by atoms with E-state index in [1.54, 1.807) is 52.0 Å². The van der Waals surface area contributed by atoms with Crippen molar-refractivity contribution in [2.24, 2.45) is 23.5 Å². The Hall–Kier alpha value is -4.04. The number of ether oxygens (including phenoxy) is 3. The van der Waals surface area contributed by atoms with Gasteiger partial charge in [-0.3, -0.25) is 24.0 Å². The Balaban J connectivity index is 2.35. The van der Waals surface area contributed by atoms with Crippen molar-refractivity contribution in [1.82, 2.24) is 15.1 Å². The van der Waals surface area contributed by atoms with Crippen molar-refractivity contribution >= 4 is 35.4 Å². The molecule has 1 aliphatic heterocycles. The summed E-state index contributed by atoms with van der Waals surface area (Å²) in [5, 5.41) is 14.1. The van der Waals surface area contributed by atoms with Gasteiger partial charge in [-0.25, -0.2) is 4.79 Å². The van der Waals surface area contributed by atoms with E-state index in [9.17, 15) is 33.9 Å². The third-order valence-electron chi connectivity index (χ3n) is 9.10. The molecule has 1 heterocycles. The molecule has 0 saturated carbocycles. The largest absolute Gasteiger partial charge is 0.497 e. The van der Waals surface area contributed by atoms with Crippen LogP contribution >= 0.6 is 0 Å². The van der Waals surface area contributed by atoms with Crippen molar-refractivity contribution in [3.05, 3.63) is 29.8 Å². The molecule has 1 fully saturated rings. The monoisotopic (exact) mass is 704 g/mol. The van der Waals surface area contributed by atoms with Crippen LogP contribution in [-0.2, 0) is 44.7 Å². The van der Waals surface area contributed by atoms with E-state index >= 15 is 0 Å². The van der Waals surface area contributed by atoms with Crippen molar-refractivity contribution in [1.29, 1.82) is 0 Å². The van der Waals surface area contributed by atoms with Crippen molar-refractivity contribution in [3.63, 3.8) is 0 Å². The predicted molar refractivity (Wildman–Crippen MR) is 185 cm³/mol. The molecular weight excluding hydrogens is 648 g/mol. The van der Waals surface area contributed by atoms with Gasteiger partial charge in [-0.15, -0.1) is 0 Å². The number of likely N-dealkylation sites (N-methyl/N-ethyl adjacent to an activating group) is 1. The molecule has 1 saturated heterocycles. The first-order valence-electron chi connectivity index (χ1n) is 17.2. The highest BCUT2D eigenvalue weighted by Gasteiger charge is 2.40. The fourth-order valence-electron chi connectivity index (χ4n) is 5.88. The maximum Gasteiger partial charge on any atom is 0.329 e. The maximum absolute atomic E-state index is 14.1. The molecule has 1 aromatic carbocycles. The molecule has 0 aliphatic carbocycles. The Bertz CT molecular complexity index is 1330. The SMILES string of the molecule is COc1ccc(C[C@@H](C(=O)O[C@@H](C)[C@H](N)C(=O)N2CCCCNC(=O)[C@@H](C)C(=O)[C@H](C(C)C)OC(=O)C[C@H](O)[C@H]2C(C)C)N(C)C(C)=O)cc1. The van der Waals surface area contributed by atoms with Crippen molar-refractivity contribution < 1.29 is 48.1 Å². The van der Waals surface area contributed by atoms with Gasteiger partial charge in [-0.1, -0.05) is 39.8 Å². The molecule has 3 amide bonds. The molecule has 14 nitrogen and oxygen atoms in total. The summed E-state index contributed by atoms with van der Waals surface area (Å²) in [6, 6.07) is 3.74. The number of Topliss-reactive ketones (excluding diaryl/α,β-unsaturated/α-hetero) is 1. The summed E-state index contributed by atoms with van der Waals surface area (Å²) in [5.41, 5.74) is 7.19. The van der Waals surface area contributed by atoms with Crippen LogP contribution in [0.25, 0.3) is 0 Å². The summed E-state index contributed by atoms with van der Waals surface area (Å²) in [7, 11) is 3.02. The Morgan fingerprint density at radius 2 is 1.68 bits per heavy atom. The molecule has 50 heavy (non-hydrogen) atoms. The van der Waals surface area contributed by atoms with Crippen LogP contribution in [0, 0.1) is 17.8 Å². The van der Waals surface area contributed by atoms with Crippen LogP contribution in [0.5, 0.6) is 5.75 Å². The lowest BCUT2D eigenvalue weighted by Crippen LogP contribution is -2.58. The highest BCUT2D eigenvalue weighted by Crippen LogP contribution is 2.23. The van der Waals surface area contributed by atoms with Gasteiger partial charge in [0.25, 0.3) is 0 Å². The summed E-state index contributed by atoms with van der Waals surface area (Å²) >= 11 is 0. The van der Waals surface area contributed by atoms with Crippen molar-refractivity contribution in [3.8, 4) is 5.75 Å². The van der Waals surface area contributed by atoms with Crippen LogP contribution in [-0.4, -0.2) is 114 Å². The number of hydrogen-bond acceptors (Lipinski definition) is 11.